The number of carbonyl (C=O) groups excluding carboxylic acids is 5. The topological polar surface area (TPSA) is 354 Å². The quantitative estimate of drug-likeness (QED) is 0.0860. The normalized spacial score (nSPS) is 33.5. The number of aliphatic hydroxyl groups is 5. The fourth-order valence-corrected chi connectivity index (χ4v) is 13.2. The van der Waals surface area contributed by atoms with E-state index in [2.05, 4.69) is 32.7 Å². The number of thiazole rings is 1. The average Bonchev–Trinajstić information content (AvgIpc) is 4.16. The van der Waals surface area contributed by atoms with Gasteiger partial charge >= 0.3 is 12.1 Å². The molecule has 3 aromatic rings. The van der Waals surface area contributed by atoms with Crippen molar-refractivity contribution in [2.75, 3.05) is 30.4 Å². The number of nitrogens with one attached hydrogen (secondary N) is 3. The number of carboxylic acids is 1. The average molecular weight is 1060 g/mol. The van der Waals surface area contributed by atoms with E-state index in [-0.39, 0.29) is 66.1 Å². The van der Waals surface area contributed by atoms with Crippen LogP contribution >= 0.6 is 11.3 Å². The molecule has 6 aliphatic rings. The van der Waals surface area contributed by atoms with Crippen molar-refractivity contribution in [3.05, 3.63) is 94.0 Å². The fourth-order valence-electron chi connectivity index (χ4n) is 12.3. The lowest BCUT2D eigenvalue weighted by atomic mass is 9.46. The Bertz CT molecular complexity index is 2770. The van der Waals surface area contributed by atoms with Crippen LogP contribution in [0.25, 0.3) is 0 Å². The molecule has 11 N–H and O–H groups in total. The number of carbonyl (C=O) groups is 6. The Morgan fingerprint density at radius 3 is 2.45 bits per heavy atom. The summed E-state index contributed by atoms with van der Waals surface area (Å²) in [5.41, 5.74) is 0.0367. The van der Waals surface area contributed by atoms with Crippen LogP contribution in [0.2, 0.25) is 0 Å². The van der Waals surface area contributed by atoms with Gasteiger partial charge in [-0.25, -0.2) is 20.5 Å². The van der Waals surface area contributed by atoms with Gasteiger partial charge in [0.2, 0.25) is 18.1 Å². The number of aliphatic hydroxyl groups excluding tert-OH is 5. The summed E-state index contributed by atoms with van der Waals surface area (Å²) in [5.74, 6) is 1.19. The van der Waals surface area contributed by atoms with Crippen molar-refractivity contribution in [2.24, 2.45) is 34.5 Å². The van der Waals surface area contributed by atoms with Crippen LogP contribution < -0.4 is 26.6 Å². The van der Waals surface area contributed by atoms with E-state index in [1.165, 1.54) is 29.5 Å². The number of ether oxygens (including phenoxy) is 5. The van der Waals surface area contributed by atoms with Gasteiger partial charge in [-0.15, -0.1) is 11.3 Å². The van der Waals surface area contributed by atoms with Crippen LogP contribution in [0.15, 0.2) is 72.5 Å². The smallest absolute Gasteiger partial charge is 0.413 e. The number of hydrogen-bond donors (Lipinski definition) is 10. The number of ketones is 2. The van der Waals surface area contributed by atoms with Crippen LogP contribution in [0.1, 0.15) is 73.8 Å². The summed E-state index contributed by atoms with van der Waals surface area (Å²) in [4.78, 5) is 84.9. The molecule has 9 rings (SSSR count). The number of anilines is 2. The molecule has 0 radical (unpaired) electrons. The summed E-state index contributed by atoms with van der Waals surface area (Å²) >= 11 is 1.21. The van der Waals surface area contributed by atoms with E-state index < -0.39 is 109 Å². The van der Waals surface area contributed by atoms with Crippen molar-refractivity contribution in [3.63, 3.8) is 0 Å². The molecule has 2 aromatic carbocycles. The Morgan fingerprint density at radius 2 is 1.72 bits per heavy atom. The molecule has 2 aliphatic heterocycles. The first-order valence-corrected chi connectivity index (χ1v) is 25.3. The molecule has 2 saturated heterocycles. The molecule has 3 amide bonds. The predicted octanol–water partition coefficient (Wildman–Crippen LogP) is 1.69. The summed E-state index contributed by atoms with van der Waals surface area (Å²) in [6.07, 6.45) is -3.60. The Morgan fingerprint density at radius 1 is 0.960 bits per heavy atom. The van der Waals surface area contributed by atoms with Gasteiger partial charge in [-0.05, 0) is 72.9 Å². The van der Waals surface area contributed by atoms with Gasteiger partial charge in [-0.1, -0.05) is 55.8 Å². The van der Waals surface area contributed by atoms with Crippen LogP contribution in [0.4, 0.5) is 15.6 Å². The predicted molar refractivity (Wildman–Crippen MR) is 260 cm³/mol. The standard InChI is InChI=1S/C51H59N5O18S/c1-49-13-11-28(58)17-27(49)8-9-30-31-18-36-51(35(60)21-57,50(31,2)19-33(59)39(30)49)74-45(72-36)26-6-3-24(4-7-26)15-29-20-54-47(75-29)56-48(68)69-22-25-5-10-34(32(16-25)55-37(61)12-14-53-38(62)23-70-52)71-46-42(65)40(63)41(64)43(73-46)44(66)67/h3-7,10-11,13,16-17,20,30-31,33,36,39-43,45-46,57,59,63-65H,8-9,12,14-15,18-19,21-23,52H2,1-2H3,(H,53,62)(H,55,61)(H,66,67)(H,54,56,68)/t30-,31-,33-,36+,39+,40-,41-,42+,43-,45+,46+,49-,50-,51+/m0/s1. The van der Waals surface area contributed by atoms with Gasteiger partial charge in [-0.3, -0.25) is 29.3 Å². The molecular formula is C51H59N5O18S. The zero-order chi connectivity index (χ0) is 53.6. The highest BCUT2D eigenvalue weighted by atomic mass is 32.1. The van der Waals surface area contributed by atoms with Gasteiger partial charge in [0, 0.05) is 52.8 Å². The molecule has 75 heavy (non-hydrogen) atoms. The van der Waals surface area contributed by atoms with Crippen molar-refractivity contribution in [1.82, 2.24) is 10.3 Å². The van der Waals surface area contributed by atoms with E-state index in [0.29, 0.717) is 30.4 Å². The highest BCUT2D eigenvalue weighted by Gasteiger charge is 2.76. The summed E-state index contributed by atoms with van der Waals surface area (Å²) in [5, 5.41) is 70.6. The third kappa shape index (κ3) is 10.2. The fraction of sp³-hybridized carbons (Fsp3) is 0.510. The van der Waals surface area contributed by atoms with E-state index in [1.807, 2.05) is 37.3 Å². The van der Waals surface area contributed by atoms with Gasteiger partial charge in [0.1, 0.15) is 43.9 Å². The molecule has 3 saturated carbocycles. The van der Waals surface area contributed by atoms with E-state index in [4.69, 9.17) is 29.6 Å². The van der Waals surface area contributed by atoms with E-state index >= 15 is 0 Å². The molecule has 0 spiro atoms. The summed E-state index contributed by atoms with van der Waals surface area (Å²) < 4.78 is 29.7. The number of amides is 3. The molecule has 0 bridgehead atoms. The second-order valence-corrected chi connectivity index (χ2v) is 21.3. The number of nitrogens with two attached hydrogens (primary N) is 1. The van der Waals surface area contributed by atoms with E-state index in [1.54, 1.807) is 18.3 Å². The first-order chi connectivity index (χ1) is 35.8. The highest BCUT2D eigenvalue weighted by molar-refractivity contribution is 7.15. The second-order valence-electron chi connectivity index (χ2n) is 20.2. The lowest BCUT2D eigenvalue weighted by molar-refractivity contribution is -0.271. The van der Waals surface area contributed by atoms with E-state index in [0.717, 1.165) is 22.4 Å². The number of allylic oxidation sites excluding steroid dienone is 4. The number of rotatable bonds is 17. The van der Waals surface area contributed by atoms with Crippen molar-refractivity contribution in [2.45, 2.75) is 114 Å². The van der Waals surface area contributed by atoms with Crippen molar-refractivity contribution in [3.8, 4) is 5.75 Å². The first kappa shape index (κ1) is 53.8. The minimum absolute atomic E-state index is 0.0297. The third-order valence-corrected chi connectivity index (χ3v) is 16.7. The largest absolute Gasteiger partial charge is 0.479 e. The minimum Gasteiger partial charge on any atom is -0.479 e. The number of hydrogen-bond acceptors (Lipinski definition) is 20. The zero-order valence-corrected chi connectivity index (χ0v) is 41.6. The second kappa shape index (κ2) is 21.5. The summed E-state index contributed by atoms with van der Waals surface area (Å²) in [6, 6.07) is 11.6. The number of Topliss-reactive ketones (excluding diaryl/α,β-unsaturated/α-hetero) is 1. The molecule has 14 atom stereocenters. The third-order valence-electron chi connectivity index (χ3n) is 15.8. The minimum atomic E-state index is -1.98. The van der Waals surface area contributed by atoms with Crippen LogP contribution in [0.5, 0.6) is 5.75 Å². The van der Waals surface area contributed by atoms with Gasteiger partial charge in [-0.2, -0.15) is 0 Å². The number of carboxylic acid groups (broad SMARTS) is 1. The Hall–Kier alpha value is -6.03. The van der Waals surface area contributed by atoms with Gasteiger partial charge in [0.25, 0.3) is 0 Å². The summed E-state index contributed by atoms with van der Waals surface area (Å²) in [7, 11) is 0. The highest BCUT2D eigenvalue weighted by Crippen LogP contribution is 2.70. The molecule has 0 unspecified atom stereocenters. The SMILES string of the molecule is C[C@]12C=CC(=O)C=C1CC[C@@H]1[C@@H]2[C@@H](O)C[C@@]2(C)[C@H]1C[C@H]1O[C@@H](c3ccc(Cc4cnc(NC(=O)OCc5ccc(O[C@@H]6O[C@H](C(=O)O)[C@@H](O)[C@H](O)[C@H]6O)c(NC(=O)CCNC(=O)CON)c5)s4)cc3)O[C@]12C(=O)CO. The van der Waals surface area contributed by atoms with Gasteiger partial charge in [0.15, 0.2) is 34.7 Å². The maximum Gasteiger partial charge on any atom is 0.413 e. The number of aliphatic carboxylic acids is 1. The molecule has 5 fully saturated rings. The van der Waals surface area contributed by atoms with Gasteiger partial charge in [0.05, 0.1) is 17.9 Å². The molecule has 4 aliphatic carbocycles. The first-order valence-electron chi connectivity index (χ1n) is 24.5. The Balaban J connectivity index is 0.812. The number of nitrogens with zero attached hydrogens (tertiary/aromatic N) is 1. The lowest BCUT2D eigenvalue weighted by Gasteiger charge is -2.59. The van der Waals surface area contributed by atoms with Crippen LogP contribution in [0.3, 0.4) is 0 Å². The molecular weight excluding hydrogens is 1000 g/mol. The maximum absolute atomic E-state index is 14.0. The van der Waals surface area contributed by atoms with Crippen LogP contribution in [-0.2, 0) is 60.8 Å². The van der Waals surface area contributed by atoms with Crippen molar-refractivity contribution < 1.29 is 87.9 Å². The molecule has 1 aromatic heterocycles. The zero-order valence-electron chi connectivity index (χ0n) is 40.8. The maximum atomic E-state index is 14.0. The summed E-state index contributed by atoms with van der Waals surface area (Å²) in [6.45, 7) is 2.44. The Labute approximate surface area is 432 Å². The molecule has 402 valence electrons. The van der Waals surface area contributed by atoms with Crippen LogP contribution in [-0.4, -0.2) is 139 Å². The number of benzene rings is 2. The van der Waals surface area contributed by atoms with Crippen molar-refractivity contribution >= 4 is 57.6 Å². The van der Waals surface area contributed by atoms with Crippen LogP contribution in [0, 0.1) is 28.6 Å². The molecule has 24 heteroatoms. The molecule has 3 heterocycles. The molecule has 23 nitrogen and oxygen atoms in total. The number of fused-ring (bicyclic) bond motifs is 7. The van der Waals surface area contributed by atoms with E-state index in [9.17, 15) is 59.4 Å². The number of aromatic nitrogens is 1. The van der Waals surface area contributed by atoms with Crippen molar-refractivity contribution in [1.29, 1.82) is 0 Å². The lowest BCUT2D eigenvalue weighted by Crippen LogP contribution is -2.63. The Kier molecular flexibility index (Phi) is 15.4. The van der Waals surface area contributed by atoms with Gasteiger partial charge < -0.3 is 65.0 Å². The monoisotopic (exact) mass is 1060 g/mol.